The molecule has 3 rings (SSSR count). The van der Waals surface area contributed by atoms with E-state index in [0.717, 1.165) is 15.6 Å². The largest absolute Gasteiger partial charge is 0.351 e. The zero-order valence-corrected chi connectivity index (χ0v) is 11.4. The van der Waals surface area contributed by atoms with Crippen LogP contribution in [-0.4, -0.2) is 17.8 Å². The minimum atomic E-state index is -0.0150. The monoisotopic (exact) mass is 279 g/mol. The minimum absolute atomic E-state index is 0.0150. The van der Waals surface area contributed by atoms with Crippen LogP contribution in [0.1, 0.15) is 23.2 Å². The third-order valence-electron chi connectivity index (χ3n) is 3.32. The summed E-state index contributed by atoms with van der Waals surface area (Å²) in [5, 5.41) is 5.96. The number of carbonyl (C=O) groups is 1. The molecule has 1 unspecified atom stereocenters. The van der Waals surface area contributed by atoms with Crippen molar-refractivity contribution >= 4 is 38.9 Å². The molecule has 1 fully saturated rings. The summed E-state index contributed by atoms with van der Waals surface area (Å²) in [6.45, 7) is 0.565. The molecule has 1 aromatic heterocycles. The van der Waals surface area contributed by atoms with Crippen LogP contribution < -0.4 is 5.32 Å². The fraction of sp³-hybridized carbons (Fsp3) is 0.357. The van der Waals surface area contributed by atoms with E-state index in [1.54, 1.807) is 11.3 Å². The molecule has 1 N–H and O–H groups in total. The van der Waals surface area contributed by atoms with Crippen molar-refractivity contribution in [3.63, 3.8) is 0 Å². The number of rotatable bonds is 4. The normalized spacial score (nSPS) is 16.7. The predicted molar refractivity (Wildman–Crippen MR) is 76.5 cm³/mol. The molecular weight excluding hydrogens is 266 g/mol. The second kappa shape index (κ2) is 4.90. The van der Waals surface area contributed by atoms with Crippen molar-refractivity contribution in [1.29, 1.82) is 0 Å². The molecular formula is C14H14ClNOS. The van der Waals surface area contributed by atoms with Crippen molar-refractivity contribution in [1.82, 2.24) is 5.32 Å². The lowest BCUT2D eigenvalue weighted by Gasteiger charge is -2.09. The summed E-state index contributed by atoms with van der Waals surface area (Å²) in [5.74, 6) is 0.588. The standard InChI is InChI=1S/C14H14ClNOS/c15-12(9-5-6-9)7-16-14(17)11-8-18-13-4-2-1-3-10(11)13/h1-4,8-9,12H,5-7H2,(H,16,17). The molecule has 2 aromatic rings. The van der Waals surface area contributed by atoms with Gasteiger partial charge in [-0.25, -0.2) is 0 Å². The fourth-order valence-electron chi connectivity index (χ4n) is 2.06. The van der Waals surface area contributed by atoms with Gasteiger partial charge in [0.1, 0.15) is 0 Å². The molecule has 2 nitrogen and oxygen atoms in total. The average Bonchev–Trinajstić information content (AvgIpc) is 3.15. The van der Waals surface area contributed by atoms with Crippen LogP contribution >= 0.6 is 22.9 Å². The molecule has 1 aliphatic rings. The maximum atomic E-state index is 12.1. The highest BCUT2D eigenvalue weighted by Crippen LogP contribution is 2.35. The molecule has 0 spiro atoms. The first-order valence-corrected chi connectivity index (χ1v) is 7.46. The van der Waals surface area contributed by atoms with Crippen molar-refractivity contribution < 1.29 is 4.79 Å². The van der Waals surface area contributed by atoms with E-state index in [1.165, 1.54) is 12.8 Å². The minimum Gasteiger partial charge on any atom is -0.351 e. The number of nitrogens with one attached hydrogen (secondary N) is 1. The first-order valence-electron chi connectivity index (χ1n) is 6.14. The molecule has 1 amide bonds. The summed E-state index contributed by atoms with van der Waals surface area (Å²) >= 11 is 7.79. The lowest BCUT2D eigenvalue weighted by atomic mass is 10.1. The number of benzene rings is 1. The Morgan fingerprint density at radius 2 is 2.22 bits per heavy atom. The Hall–Kier alpha value is -1.06. The van der Waals surface area contributed by atoms with Crippen LogP contribution in [0.2, 0.25) is 0 Å². The molecule has 1 atom stereocenters. The summed E-state index contributed by atoms with van der Waals surface area (Å²) in [4.78, 5) is 12.1. The van der Waals surface area contributed by atoms with Gasteiger partial charge in [-0.05, 0) is 24.8 Å². The van der Waals surface area contributed by atoms with Crippen molar-refractivity contribution in [2.24, 2.45) is 5.92 Å². The van der Waals surface area contributed by atoms with E-state index in [9.17, 15) is 4.79 Å². The van der Waals surface area contributed by atoms with Gasteiger partial charge in [-0.15, -0.1) is 22.9 Å². The van der Waals surface area contributed by atoms with Crippen LogP contribution in [0, 0.1) is 5.92 Å². The lowest BCUT2D eigenvalue weighted by Crippen LogP contribution is -2.30. The lowest BCUT2D eigenvalue weighted by molar-refractivity contribution is 0.0955. The molecule has 0 saturated heterocycles. The number of fused-ring (bicyclic) bond motifs is 1. The molecule has 4 heteroatoms. The number of alkyl halides is 1. The fourth-order valence-corrected chi connectivity index (χ4v) is 3.33. The quantitative estimate of drug-likeness (QED) is 0.851. The molecule has 1 aliphatic carbocycles. The van der Waals surface area contributed by atoms with Crippen LogP contribution in [0.3, 0.4) is 0 Å². The van der Waals surface area contributed by atoms with Gasteiger partial charge in [0.05, 0.1) is 10.9 Å². The zero-order chi connectivity index (χ0) is 12.5. The summed E-state index contributed by atoms with van der Waals surface area (Å²) in [6, 6.07) is 7.97. The van der Waals surface area contributed by atoms with E-state index >= 15 is 0 Å². The number of thiophene rings is 1. The Bertz CT molecular complexity index is 576. The van der Waals surface area contributed by atoms with Crippen molar-refractivity contribution in [3.8, 4) is 0 Å². The molecule has 1 heterocycles. The summed E-state index contributed by atoms with van der Waals surface area (Å²) in [5.41, 5.74) is 0.760. The van der Waals surface area contributed by atoms with Crippen LogP contribution in [0.5, 0.6) is 0 Å². The van der Waals surface area contributed by atoms with Gasteiger partial charge >= 0.3 is 0 Å². The van der Waals surface area contributed by atoms with Gasteiger partial charge in [0.2, 0.25) is 0 Å². The SMILES string of the molecule is O=C(NCC(Cl)C1CC1)c1csc2ccccc12. The van der Waals surface area contributed by atoms with Gasteiger partial charge < -0.3 is 5.32 Å². The topological polar surface area (TPSA) is 29.1 Å². The van der Waals surface area contributed by atoms with Gasteiger partial charge in [0.25, 0.3) is 5.91 Å². The van der Waals surface area contributed by atoms with Gasteiger partial charge in [-0.1, -0.05) is 18.2 Å². The van der Waals surface area contributed by atoms with Gasteiger partial charge in [0, 0.05) is 22.0 Å². The van der Waals surface area contributed by atoms with Crippen LogP contribution in [0.25, 0.3) is 10.1 Å². The van der Waals surface area contributed by atoms with E-state index in [-0.39, 0.29) is 11.3 Å². The first-order chi connectivity index (χ1) is 8.75. The molecule has 0 bridgehead atoms. The van der Waals surface area contributed by atoms with Gasteiger partial charge in [-0.2, -0.15) is 0 Å². The highest BCUT2D eigenvalue weighted by atomic mass is 35.5. The van der Waals surface area contributed by atoms with Crippen molar-refractivity contribution in [2.75, 3.05) is 6.54 Å². The second-order valence-electron chi connectivity index (χ2n) is 4.71. The Kier molecular flexibility index (Phi) is 3.27. The van der Waals surface area contributed by atoms with Gasteiger partial charge in [-0.3, -0.25) is 4.79 Å². The molecule has 18 heavy (non-hydrogen) atoms. The second-order valence-corrected chi connectivity index (χ2v) is 6.18. The van der Waals surface area contributed by atoms with Crippen LogP contribution in [0.15, 0.2) is 29.6 Å². The number of carbonyl (C=O) groups excluding carboxylic acids is 1. The highest BCUT2D eigenvalue weighted by Gasteiger charge is 2.29. The number of halogens is 1. The molecule has 1 saturated carbocycles. The smallest absolute Gasteiger partial charge is 0.252 e. The highest BCUT2D eigenvalue weighted by molar-refractivity contribution is 7.17. The van der Waals surface area contributed by atoms with Crippen LogP contribution in [0.4, 0.5) is 0 Å². The summed E-state index contributed by atoms with van der Waals surface area (Å²) < 4.78 is 1.15. The van der Waals surface area contributed by atoms with E-state index in [1.807, 2.05) is 29.6 Å². The summed E-state index contributed by atoms with van der Waals surface area (Å²) in [6.07, 6.45) is 2.40. The Balaban J connectivity index is 1.71. The summed E-state index contributed by atoms with van der Waals surface area (Å²) in [7, 11) is 0. The van der Waals surface area contributed by atoms with Crippen LogP contribution in [-0.2, 0) is 0 Å². The Labute approximate surface area is 115 Å². The van der Waals surface area contributed by atoms with E-state index < -0.39 is 0 Å². The maximum Gasteiger partial charge on any atom is 0.252 e. The van der Waals surface area contributed by atoms with Crippen molar-refractivity contribution in [2.45, 2.75) is 18.2 Å². The third kappa shape index (κ3) is 2.38. The van der Waals surface area contributed by atoms with E-state index in [4.69, 9.17) is 11.6 Å². The maximum absolute atomic E-state index is 12.1. The Morgan fingerprint density at radius 3 is 3.00 bits per heavy atom. The number of hydrogen-bond donors (Lipinski definition) is 1. The average molecular weight is 280 g/mol. The molecule has 0 aliphatic heterocycles. The van der Waals surface area contributed by atoms with Crippen molar-refractivity contribution in [3.05, 3.63) is 35.2 Å². The number of hydrogen-bond acceptors (Lipinski definition) is 2. The first kappa shape index (κ1) is 12.0. The Morgan fingerprint density at radius 1 is 1.44 bits per heavy atom. The molecule has 0 radical (unpaired) electrons. The number of amides is 1. The van der Waals surface area contributed by atoms with E-state index in [0.29, 0.717) is 12.5 Å². The molecule has 1 aromatic carbocycles. The molecule has 94 valence electrons. The van der Waals surface area contributed by atoms with E-state index in [2.05, 4.69) is 5.32 Å². The van der Waals surface area contributed by atoms with Gasteiger partial charge in [0.15, 0.2) is 0 Å². The predicted octanol–water partition coefficient (Wildman–Crippen LogP) is 3.65. The third-order valence-corrected chi connectivity index (χ3v) is 4.79. The zero-order valence-electron chi connectivity index (χ0n) is 9.86.